The number of carboxylic acid groups (broad SMARTS) is 1. The number of aryl methyl sites for hydroxylation is 1. The first-order chi connectivity index (χ1) is 9.62. The minimum atomic E-state index is -3.90. The van der Waals surface area contributed by atoms with E-state index < -0.39 is 27.9 Å². The highest BCUT2D eigenvalue weighted by Crippen LogP contribution is 2.27. The highest BCUT2D eigenvalue weighted by Gasteiger charge is 2.34. The molecule has 9 heteroatoms. The number of sulfonamides is 1. The predicted molar refractivity (Wildman–Crippen MR) is 76.1 cm³/mol. The van der Waals surface area contributed by atoms with E-state index in [1.54, 1.807) is 20.8 Å². The number of carboxylic acids is 1. The zero-order valence-electron chi connectivity index (χ0n) is 11.9. The second-order valence-corrected chi connectivity index (χ2v) is 7.77. The second-order valence-electron chi connectivity index (χ2n) is 5.18. The summed E-state index contributed by atoms with van der Waals surface area (Å²) in [6, 6.07) is 0. The fourth-order valence-electron chi connectivity index (χ4n) is 2.05. The minimum absolute atomic E-state index is 0.0279. The molecule has 21 heavy (non-hydrogen) atoms. The zero-order chi connectivity index (χ0) is 15.8. The fourth-order valence-corrected chi connectivity index (χ4v) is 4.75. The van der Waals surface area contributed by atoms with E-state index >= 15 is 0 Å². The molecule has 7 nitrogen and oxygen atoms in total. The third-order valence-corrected chi connectivity index (χ3v) is 5.77. The smallest absolute Gasteiger partial charge is 0.347 e. The van der Waals surface area contributed by atoms with Crippen molar-refractivity contribution in [1.82, 2.24) is 4.72 Å². The Kier molecular flexibility index (Phi) is 4.41. The molecule has 0 aliphatic carbocycles. The maximum atomic E-state index is 12.3. The zero-order valence-corrected chi connectivity index (χ0v) is 13.5. The lowest BCUT2D eigenvalue weighted by atomic mass is 10.3. The molecule has 1 aromatic rings. The van der Waals surface area contributed by atoms with Crippen molar-refractivity contribution in [2.75, 3.05) is 13.2 Å². The van der Waals surface area contributed by atoms with E-state index in [1.165, 1.54) is 5.38 Å². The van der Waals surface area contributed by atoms with Gasteiger partial charge in [0.15, 0.2) is 5.79 Å². The van der Waals surface area contributed by atoms with Crippen LogP contribution in [0.25, 0.3) is 0 Å². The van der Waals surface area contributed by atoms with Gasteiger partial charge in [-0.3, -0.25) is 0 Å². The third-order valence-electron chi connectivity index (χ3n) is 2.95. The summed E-state index contributed by atoms with van der Waals surface area (Å²) < 4.78 is 37.8. The van der Waals surface area contributed by atoms with Gasteiger partial charge in [-0.2, -0.15) is 0 Å². The van der Waals surface area contributed by atoms with Gasteiger partial charge < -0.3 is 14.6 Å². The Balaban J connectivity index is 2.13. The highest BCUT2D eigenvalue weighted by molar-refractivity contribution is 7.89. The van der Waals surface area contributed by atoms with Crippen molar-refractivity contribution in [3.63, 3.8) is 0 Å². The molecule has 0 radical (unpaired) electrons. The number of hydrogen-bond acceptors (Lipinski definition) is 6. The van der Waals surface area contributed by atoms with E-state index in [1.807, 2.05) is 0 Å². The summed E-state index contributed by atoms with van der Waals surface area (Å²) in [7, 11) is -3.90. The first-order valence-corrected chi connectivity index (χ1v) is 8.61. The fraction of sp³-hybridized carbons (Fsp3) is 0.583. The summed E-state index contributed by atoms with van der Waals surface area (Å²) in [5, 5.41) is 10.6. The molecule has 1 aliphatic rings. The normalized spacial score (nSPS) is 21.6. The molecule has 0 aromatic carbocycles. The van der Waals surface area contributed by atoms with Gasteiger partial charge >= 0.3 is 5.97 Å². The Labute approximate surface area is 126 Å². The highest BCUT2D eigenvalue weighted by atomic mass is 32.2. The van der Waals surface area contributed by atoms with Crippen LogP contribution in [0.4, 0.5) is 0 Å². The van der Waals surface area contributed by atoms with Crippen LogP contribution >= 0.6 is 11.3 Å². The van der Waals surface area contributed by atoms with Crippen molar-refractivity contribution < 1.29 is 27.8 Å². The number of hydrogen-bond donors (Lipinski definition) is 2. The molecule has 1 atom stereocenters. The Morgan fingerprint density at radius 1 is 1.57 bits per heavy atom. The number of ether oxygens (including phenoxy) is 2. The van der Waals surface area contributed by atoms with Crippen LogP contribution in [0.5, 0.6) is 0 Å². The van der Waals surface area contributed by atoms with Crippen LogP contribution in [-0.2, 0) is 19.5 Å². The van der Waals surface area contributed by atoms with Crippen molar-refractivity contribution in [2.45, 2.75) is 37.6 Å². The first kappa shape index (κ1) is 16.4. The number of nitrogens with one attached hydrogen (secondary N) is 1. The van der Waals surface area contributed by atoms with Crippen LogP contribution in [0.3, 0.4) is 0 Å². The van der Waals surface area contributed by atoms with Crippen LogP contribution < -0.4 is 4.72 Å². The van der Waals surface area contributed by atoms with Crippen molar-refractivity contribution in [3.05, 3.63) is 15.8 Å². The largest absolute Gasteiger partial charge is 0.477 e. The third kappa shape index (κ3) is 3.61. The Morgan fingerprint density at radius 2 is 2.24 bits per heavy atom. The molecule has 0 amide bonds. The van der Waals surface area contributed by atoms with Gasteiger partial charge in [0.2, 0.25) is 10.0 Å². The van der Waals surface area contributed by atoms with Gasteiger partial charge in [0.05, 0.1) is 12.7 Å². The number of aromatic carboxylic acids is 1. The molecule has 2 rings (SSSR count). The minimum Gasteiger partial charge on any atom is -0.477 e. The van der Waals surface area contributed by atoms with Gasteiger partial charge in [-0.1, -0.05) is 0 Å². The maximum absolute atomic E-state index is 12.3. The number of carbonyl (C=O) groups is 1. The molecule has 2 N–H and O–H groups in total. The van der Waals surface area contributed by atoms with E-state index in [0.717, 1.165) is 11.3 Å². The Hall–Kier alpha value is -1.00. The SMILES string of the molecule is Cc1csc(C(=O)O)c1S(=O)(=O)NCC1COC(C)(C)O1. The van der Waals surface area contributed by atoms with Crippen molar-refractivity contribution >= 4 is 27.3 Å². The maximum Gasteiger partial charge on any atom is 0.347 e. The molecule has 1 unspecified atom stereocenters. The topological polar surface area (TPSA) is 102 Å². The van der Waals surface area contributed by atoms with Gasteiger partial charge in [-0.25, -0.2) is 17.9 Å². The molecule has 1 fully saturated rings. The van der Waals surface area contributed by atoms with Gasteiger partial charge in [-0.05, 0) is 31.7 Å². The molecule has 1 aromatic heterocycles. The van der Waals surface area contributed by atoms with E-state index in [-0.39, 0.29) is 22.9 Å². The monoisotopic (exact) mass is 335 g/mol. The average molecular weight is 335 g/mol. The quantitative estimate of drug-likeness (QED) is 0.838. The van der Waals surface area contributed by atoms with E-state index in [2.05, 4.69) is 4.72 Å². The molecule has 0 spiro atoms. The predicted octanol–water partition coefficient (Wildman–Crippen LogP) is 1.18. The summed E-state index contributed by atoms with van der Waals surface area (Å²) in [4.78, 5) is 10.7. The summed E-state index contributed by atoms with van der Waals surface area (Å²) in [6.45, 7) is 5.36. The number of thiophene rings is 1. The molecule has 0 saturated carbocycles. The van der Waals surface area contributed by atoms with E-state index in [0.29, 0.717) is 5.56 Å². The molecule has 0 bridgehead atoms. The molecular weight excluding hydrogens is 318 g/mol. The van der Waals surface area contributed by atoms with E-state index in [4.69, 9.17) is 14.6 Å². The summed E-state index contributed by atoms with van der Waals surface area (Å²) in [5.74, 6) is -1.99. The molecule has 1 aliphatic heterocycles. The standard InChI is InChI=1S/C12H17NO6S2/c1-7-6-20-9(11(14)15)10(7)21(16,17)13-4-8-5-18-12(2,3)19-8/h6,8,13H,4-5H2,1-3H3,(H,14,15). The van der Waals surface area contributed by atoms with Gasteiger partial charge in [0, 0.05) is 6.54 Å². The van der Waals surface area contributed by atoms with Crippen molar-refractivity contribution in [1.29, 1.82) is 0 Å². The van der Waals surface area contributed by atoms with Crippen LogP contribution in [0.2, 0.25) is 0 Å². The van der Waals surface area contributed by atoms with Crippen LogP contribution in [0.1, 0.15) is 29.1 Å². The van der Waals surface area contributed by atoms with Crippen LogP contribution in [-0.4, -0.2) is 44.5 Å². The Bertz CT molecular complexity index is 649. The molecular formula is C12H17NO6S2. The molecule has 118 valence electrons. The van der Waals surface area contributed by atoms with Crippen LogP contribution in [0, 0.1) is 6.92 Å². The van der Waals surface area contributed by atoms with E-state index in [9.17, 15) is 13.2 Å². The van der Waals surface area contributed by atoms with Gasteiger partial charge in [0.25, 0.3) is 0 Å². The lowest BCUT2D eigenvalue weighted by Gasteiger charge is -2.17. The second kappa shape index (κ2) is 5.65. The average Bonchev–Trinajstić information content (AvgIpc) is 2.90. The lowest BCUT2D eigenvalue weighted by Crippen LogP contribution is -2.35. The Morgan fingerprint density at radius 3 is 2.76 bits per heavy atom. The van der Waals surface area contributed by atoms with Gasteiger partial charge in [-0.15, -0.1) is 11.3 Å². The molecule has 1 saturated heterocycles. The summed E-state index contributed by atoms with van der Waals surface area (Å²) in [6.07, 6.45) is -0.401. The van der Waals surface area contributed by atoms with Crippen molar-refractivity contribution in [3.8, 4) is 0 Å². The lowest BCUT2D eigenvalue weighted by molar-refractivity contribution is -0.137. The number of rotatable bonds is 5. The molecule has 2 heterocycles. The van der Waals surface area contributed by atoms with Crippen molar-refractivity contribution in [2.24, 2.45) is 0 Å². The van der Waals surface area contributed by atoms with Crippen LogP contribution in [0.15, 0.2) is 10.3 Å². The first-order valence-electron chi connectivity index (χ1n) is 6.25. The summed E-state index contributed by atoms with van der Waals surface area (Å²) in [5.41, 5.74) is 0.411. The van der Waals surface area contributed by atoms with Gasteiger partial charge in [0.1, 0.15) is 9.77 Å². The summed E-state index contributed by atoms with van der Waals surface area (Å²) >= 11 is 0.894.